The third-order valence-corrected chi connectivity index (χ3v) is 4.97. The van der Waals surface area contributed by atoms with Gasteiger partial charge in [-0.1, -0.05) is 30.7 Å². The number of hydrogen-bond donors (Lipinski definition) is 2. The number of rotatable bonds is 6. The van der Waals surface area contributed by atoms with E-state index in [-0.39, 0.29) is 18.3 Å². The van der Waals surface area contributed by atoms with Crippen molar-refractivity contribution < 1.29 is 19.0 Å². The molecular formula is C20H22FNO3. The van der Waals surface area contributed by atoms with E-state index in [1.165, 1.54) is 12.1 Å². The van der Waals surface area contributed by atoms with E-state index in [1.54, 1.807) is 43.5 Å². The van der Waals surface area contributed by atoms with Crippen LogP contribution in [0.25, 0.3) is 0 Å². The molecule has 1 amide bonds. The van der Waals surface area contributed by atoms with Crippen molar-refractivity contribution in [3.8, 4) is 5.75 Å². The lowest BCUT2D eigenvalue weighted by atomic mass is 9.64. The van der Waals surface area contributed by atoms with E-state index >= 15 is 0 Å². The zero-order chi connectivity index (χ0) is 17.9. The molecule has 25 heavy (non-hydrogen) atoms. The second-order valence-electron chi connectivity index (χ2n) is 6.44. The maximum Gasteiger partial charge on any atom is 0.230 e. The molecule has 0 radical (unpaired) electrons. The van der Waals surface area contributed by atoms with E-state index in [1.807, 2.05) is 0 Å². The third kappa shape index (κ3) is 3.51. The molecule has 2 aromatic carbocycles. The van der Waals surface area contributed by atoms with Gasteiger partial charge in [0.2, 0.25) is 5.91 Å². The molecule has 132 valence electrons. The van der Waals surface area contributed by atoms with Crippen LogP contribution < -0.4 is 10.1 Å². The zero-order valence-electron chi connectivity index (χ0n) is 14.2. The first kappa shape index (κ1) is 17.4. The summed E-state index contributed by atoms with van der Waals surface area (Å²) in [6.45, 7) is 0.120. The Balaban J connectivity index is 1.67. The molecule has 4 nitrogen and oxygen atoms in total. The van der Waals surface area contributed by atoms with Crippen molar-refractivity contribution in [3.05, 3.63) is 65.5 Å². The first-order chi connectivity index (χ1) is 12.0. The van der Waals surface area contributed by atoms with Crippen LogP contribution in [0, 0.1) is 5.82 Å². The predicted octanol–water partition coefficient (Wildman–Crippen LogP) is 3.11. The minimum atomic E-state index is -0.815. The minimum absolute atomic E-state index is 0.118. The van der Waals surface area contributed by atoms with Crippen LogP contribution in [0.15, 0.2) is 48.5 Å². The number of hydrogen-bond acceptors (Lipinski definition) is 3. The maximum atomic E-state index is 13.2. The first-order valence-electron chi connectivity index (χ1n) is 8.41. The molecule has 1 aliphatic carbocycles. The van der Waals surface area contributed by atoms with E-state index in [2.05, 4.69) is 5.32 Å². The van der Waals surface area contributed by atoms with Crippen LogP contribution in [0.4, 0.5) is 4.39 Å². The molecule has 5 heteroatoms. The summed E-state index contributed by atoms with van der Waals surface area (Å²) >= 11 is 0. The van der Waals surface area contributed by atoms with E-state index in [4.69, 9.17) is 4.74 Å². The summed E-state index contributed by atoms with van der Waals surface area (Å²) in [6, 6.07) is 13.2. The Bertz CT molecular complexity index is 741. The van der Waals surface area contributed by atoms with Gasteiger partial charge in [0.1, 0.15) is 11.6 Å². The Kier molecular flexibility index (Phi) is 5.04. The SMILES string of the molecule is COc1cccc(C(O)CNC(=O)C2(c3ccc(F)cc3)CCC2)c1. The Hall–Kier alpha value is -2.40. The largest absolute Gasteiger partial charge is 0.497 e. The number of amides is 1. The molecule has 1 unspecified atom stereocenters. The fourth-order valence-electron chi connectivity index (χ4n) is 3.27. The quantitative estimate of drug-likeness (QED) is 0.847. The lowest BCUT2D eigenvalue weighted by Gasteiger charge is -2.41. The van der Waals surface area contributed by atoms with E-state index in [0.29, 0.717) is 11.3 Å². The van der Waals surface area contributed by atoms with Gasteiger partial charge in [0.05, 0.1) is 18.6 Å². The summed E-state index contributed by atoms with van der Waals surface area (Å²) in [7, 11) is 1.57. The highest BCUT2D eigenvalue weighted by Gasteiger charge is 2.45. The molecule has 1 fully saturated rings. The molecular weight excluding hydrogens is 321 g/mol. The van der Waals surface area contributed by atoms with Crippen molar-refractivity contribution in [2.75, 3.05) is 13.7 Å². The highest BCUT2D eigenvalue weighted by atomic mass is 19.1. The van der Waals surface area contributed by atoms with Crippen molar-refractivity contribution >= 4 is 5.91 Å². The smallest absolute Gasteiger partial charge is 0.230 e. The summed E-state index contributed by atoms with van der Waals surface area (Å²) in [6.07, 6.45) is 1.62. The normalized spacial score (nSPS) is 16.6. The summed E-state index contributed by atoms with van der Waals surface area (Å²) < 4.78 is 18.3. The van der Waals surface area contributed by atoms with Gasteiger partial charge in [0, 0.05) is 6.54 Å². The van der Waals surface area contributed by atoms with Crippen LogP contribution in [-0.4, -0.2) is 24.7 Å². The average Bonchev–Trinajstić information content (AvgIpc) is 2.60. The molecule has 2 N–H and O–H groups in total. The van der Waals surface area contributed by atoms with Gasteiger partial charge in [-0.05, 0) is 48.2 Å². The van der Waals surface area contributed by atoms with Crippen molar-refractivity contribution in [2.24, 2.45) is 0 Å². The fourth-order valence-corrected chi connectivity index (χ4v) is 3.27. The summed E-state index contributed by atoms with van der Waals surface area (Å²) in [5, 5.41) is 13.2. The number of methoxy groups -OCH3 is 1. The van der Waals surface area contributed by atoms with Crippen molar-refractivity contribution in [1.82, 2.24) is 5.32 Å². The van der Waals surface area contributed by atoms with Gasteiger partial charge in [-0.2, -0.15) is 0 Å². The monoisotopic (exact) mass is 343 g/mol. The van der Waals surface area contributed by atoms with Gasteiger partial charge >= 0.3 is 0 Å². The second kappa shape index (κ2) is 7.23. The molecule has 1 saturated carbocycles. The van der Waals surface area contributed by atoms with Gasteiger partial charge in [-0.3, -0.25) is 4.79 Å². The number of carbonyl (C=O) groups is 1. The topological polar surface area (TPSA) is 58.6 Å². The number of halogens is 1. The van der Waals surface area contributed by atoms with Crippen LogP contribution in [0.3, 0.4) is 0 Å². The minimum Gasteiger partial charge on any atom is -0.497 e. The molecule has 1 aliphatic rings. The Morgan fingerprint density at radius 1 is 1.28 bits per heavy atom. The fraction of sp³-hybridized carbons (Fsp3) is 0.350. The highest BCUT2D eigenvalue weighted by Crippen LogP contribution is 2.44. The predicted molar refractivity (Wildman–Crippen MR) is 92.9 cm³/mol. The number of carbonyl (C=O) groups excluding carboxylic acids is 1. The Morgan fingerprint density at radius 2 is 2.00 bits per heavy atom. The highest BCUT2D eigenvalue weighted by molar-refractivity contribution is 5.89. The van der Waals surface area contributed by atoms with Crippen LogP contribution >= 0.6 is 0 Å². The van der Waals surface area contributed by atoms with Crippen LogP contribution in [0.1, 0.15) is 36.5 Å². The van der Waals surface area contributed by atoms with Crippen LogP contribution in [0.2, 0.25) is 0 Å². The summed E-state index contributed by atoms with van der Waals surface area (Å²) in [5.41, 5.74) is 0.902. The maximum absolute atomic E-state index is 13.2. The van der Waals surface area contributed by atoms with Gasteiger partial charge in [-0.25, -0.2) is 4.39 Å². The molecule has 0 aliphatic heterocycles. The summed E-state index contributed by atoms with van der Waals surface area (Å²) in [4.78, 5) is 12.8. The number of nitrogens with one attached hydrogen (secondary N) is 1. The Labute approximate surface area is 146 Å². The molecule has 2 aromatic rings. The standard InChI is InChI=1S/C20H22FNO3/c1-25-17-5-2-4-14(12-17)18(23)13-22-19(24)20(10-3-11-20)15-6-8-16(21)9-7-15/h2,4-9,12,18,23H,3,10-11,13H2,1H3,(H,22,24). The molecule has 0 heterocycles. The number of ether oxygens (including phenoxy) is 1. The lowest BCUT2D eigenvalue weighted by Crippen LogP contribution is -2.50. The number of aliphatic hydroxyl groups excluding tert-OH is 1. The van der Waals surface area contributed by atoms with Gasteiger partial charge < -0.3 is 15.2 Å². The van der Waals surface area contributed by atoms with Crippen LogP contribution in [-0.2, 0) is 10.2 Å². The van der Waals surface area contributed by atoms with Crippen LogP contribution in [0.5, 0.6) is 5.75 Å². The van der Waals surface area contributed by atoms with E-state index in [9.17, 15) is 14.3 Å². The van der Waals surface area contributed by atoms with Gasteiger partial charge in [0.15, 0.2) is 0 Å². The molecule has 0 spiro atoms. The average molecular weight is 343 g/mol. The molecule has 3 rings (SSSR count). The molecule has 1 atom stereocenters. The molecule has 0 bridgehead atoms. The summed E-state index contributed by atoms with van der Waals surface area (Å²) in [5.74, 6) is 0.226. The van der Waals surface area contributed by atoms with Gasteiger partial charge in [-0.15, -0.1) is 0 Å². The van der Waals surface area contributed by atoms with E-state index in [0.717, 1.165) is 24.8 Å². The van der Waals surface area contributed by atoms with Crippen molar-refractivity contribution in [2.45, 2.75) is 30.8 Å². The Morgan fingerprint density at radius 3 is 2.60 bits per heavy atom. The zero-order valence-corrected chi connectivity index (χ0v) is 14.2. The van der Waals surface area contributed by atoms with E-state index < -0.39 is 11.5 Å². The molecule has 0 aromatic heterocycles. The van der Waals surface area contributed by atoms with Crippen molar-refractivity contribution in [1.29, 1.82) is 0 Å². The third-order valence-electron chi connectivity index (χ3n) is 4.97. The lowest BCUT2D eigenvalue weighted by molar-refractivity contribution is -0.130. The second-order valence-corrected chi connectivity index (χ2v) is 6.44. The molecule has 0 saturated heterocycles. The first-order valence-corrected chi connectivity index (χ1v) is 8.41. The number of benzene rings is 2. The van der Waals surface area contributed by atoms with Gasteiger partial charge in [0.25, 0.3) is 0 Å². The number of aliphatic hydroxyl groups is 1. The van der Waals surface area contributed by atoms with Crippen molar-refractivity contribution in [3.63, 3.8) is 0 Å².